The molecule has 2 rings (SSSR count). The molecule has 0 aliphatic rings. The molecule has 0 N–H and O–H groups in total. The number of nitrogens with zero attached hydrogens (tertiary/aromatic N) is 2. The van der Waals surface area contributed by atoms with Gasteiger partial charge in [-0.05, 0) is 41.8 Å². The Hall–Kier alpha value is -1.41. The minimum absolute atomic E-state index is 0.00426. The minimum Gasteiger partial charge on any atom is -0.265 e. The van der Waals surface area contributed by atoms with Gasteiger partial charge >= 0.3 is 0 Å². The van der Waals surface area contributed by atoms with Crippen LogP contribution in [0.5, 0.6) is 0 Å². The van der Waals surface area contributed by atoms with Crippen LogP contribution >= 0.6 is 11.6 Å². The first-order chi connectivity index (χ1) is 7.36. The molecule has 2 heterocycles. The normalized spacial score (nSPS) is 12.3. The zero-order chi connectivity index (χ0) is 10.5. The standard InChI is InChI=1S/C12H11ClN2/c13-12(11-3-7-15-8-4-11)9-10-1-5-14-6-2-10/h1-8,12H,9H2. The Bertz CT molecular complexity index is 402. The lowest BCUT2D eigenvalue weighted by atomic mass is 10.1. The third-order valence-electron chi connectivity index (χ3n) is 2.23. The molecule has 0 aliphatic carbocycles. The summed E-state index contributed by atoms with van der Waals surface area (Å²) in [6.07, 6.45) is 7.90. The maximum absolute atomic E-state index is 6.29. The summed E-state index contributed by atoms with van der Waals surface area (Å²) >= 11 is 6.29. The van der Waals surface area contributed by atoms with Crippen LogP contribution in [0.3, 0.4) is 0 Å². The SMILES string of the molecule is ClC(Cc1ccncc1)c1ccncc1. The monoisotopic (exact) mass is 218 g/mol. The predicted molar refractivity (Wildman–Crippen MR) is 60.8 cm³/mol. The zero-order valence-electron chi connectivity index (χ0n) is 8.18. The number of hydrogen-bond donors (Lipinski definition) is 0. The van der Waals surface area contributed by atoms with E-state index in [0.29, 0.717) is 0 Å². The first kappa shape index (κ1) is 10.1. The van der Waals surface area contributed by atoms with E-state index >= 15 is 0 Å². The van der Waals surface area contributed by atoms with Gasteiger partial charge in [0.1, 0.15) is 0 Å². The van der Waals surface area contributed by atoms with Crippen molar-refractivity contribution in [3.63, 3.8) is 0 Å². The van der Waals surface area contributed by atoms with Gasteiger partial charge in [-0.3, -0.25) is 9.97 Å². The van der Waals surface area contributed by atoms with Gasteiger partial charge in [-0.1, -0.05) is 0 Å². The summed E-state index contributed by atoms with van der Waals surface area (Å²) in [4.78, 5) is 7.94. The largest absolute Gasteiger partial charge is 0.265 e. The minimum atomic E-state index is -0.00426. The number of rotatable bonds is 3. The van der Waals surface area contributed by atoms with Crippen molar-refractivity contribution in [2.75, 3.05) is 0 Å². The summed E-state index contributed by atoms with van der Waals surface area (Å²) in [6.45, 7) is 0. The second-order valence-electron chi connectivity index (χ2n) is 3.31. The summed E-state index contributed by atoms with van der Waals surface area (Å²) in [5.74, 6) is 0. The Balaban J connectivity index is 2.08. The maximum Gasteiger partial charge on any atom is 0.0626 e. The lowest BCUT2D eigenvalue weighted by molar-refractivity contribution is 0.912. The molecule has 0 bridgehead atoms. The second-order valence-corrected chi connectivity index (χ2v) is 3.83. The molecule has 15 heavy (non-hydrogen) atoms. The van der Waals surface area contributed by atoms with Gasteiger partial charge in [-0.2, -0.15) is 0 Å². The van der Waals surface area contributed by atoms with Gasteiger partial charge in [0.25, 0.3) is 0 Å². The van der Waals surface area contributed by atoms with Crippen molar-refractivity contribution in [1.82, 2.24) is 9.97 Å². The van der Waals surface area contributed by atoms with Crippen LogP contribution in [0, 0.1) is 0 Å². The van der Waals surface area contributed by atoms with Gasteiger partial charge in [-0.15, -0.1) is 11.6 Å². The smallest absolute Gasteiger partial charge is 0.0626 e. The maximum atomic E-state index is 6.29. The third-order valence-corrected chi connectivity index (χ3v) is 2.64. The molecule has 2 aromatic heterocycles. The molecule has 1 atom stereocenters. The quantitative estimate of drug-likeness (QED) is 0.741. The Labute approximate surface area is 94.0 Å². The number of hydrogen-bond acceptors (Lipinski definition) is 2. The fraction of sp³-hybridized carbons (Fsp3) is 0.167. The van der Waals surface area contributed by atoms with E-state index in [1.807, 2.05) is 24.3 Å². The van der Waals surface area contributed by atoms with E-state index in [1.54, 1.807) is 24.8 Å². The van der Waals surface area contributed by atoms with Crippen molar-refractivity contribution in [2.45, 2.75) is 11.8 Å². The van der Waals surface area contributed by atoms with Gasteiger partial charge in [0.15, 0.2) is 0 Å². The number of aromatic nitrogens is 2. The molecule has 76 valence electrons. The fourth-order valence-corrected chi connectivity index (χ4v) is 1.74. The molecule has 3 heteroatoms. The van der Waals surface area contributed by atoms with Crippen LogP contribution in [-0.2, 0) is 6.42 Å². The highest BCUT2D eigenvalue weighted by Crippen LogP contribution is 2.23. The van der Waals surface area contributed by atoms with Crippen molar-refractivity contribution in [1.29, 1.82) is 0 Å². The topological polar surface area (TPSA) is 25.8 Å². The highest BCUT2D eigenvalue weighted by molar-refractivity contribution is 6.20. The highest BCUT2D eigenvalue weighted by atomic mass is 35.5. The Morgan fingerprint density at radius 1 is 0.933 bits per heavy atom. The van der Waals surface area contributed by atoms with Crippen molar-refractivity contribution < 1.29 is 0 Å². The number of halogens is 1. The molecular weight excluding hydrogens is 208 g/mol. The Kier molecular flexibility index (Phi) is 3.30. The molecule has 1 unspecified atom stereocenters. The highest BCUT2D eigenvalue weighted by Gasteiger charge is 2.07. The molecule has 0 saturated heterocycles. The molecule has 0 spiro atoms. The number of pyridine rings is 2. The van der Waals surface area contributed by atoms with E-state index < -0.39 is 0 Å². The first-order valence-electron chi connectivity index (χ1n) is 4.79. The van der Waals surface area contributed by atoms with E-state index in [4.69, 9.17) is 11.6 Å². The van der Waals surface area contributed by atoms with Crippen LogP contribution in [0.15, 0.2) is 49.1 Å². The van der Waals surface area contributed by atoms with Crippen LogP contribution < -0.4 is 0 Å². The summed E-state index contributed by atoms with van der Waals surface area (Å²) in [5.41, 5.74) is 2.30. The molecular formula is C12H11ClN2. The summed E-state index contributed by atoms with van der Waals surface area (Å²) < 4.78 is 0. The lowest BCUT2D eigenvalue weighted by Gasteiger charge is -2.08. The van der Waals surface area contributed by atoms with Crippen LogP contribution in [0.25, 0.3) is 0 Å². The summed E-state index contributed by atoms with van der Waals surface area (Å²) in [5, 5.41) is -0.00426. The van der Waals surface area contributed by atoms with Crippen LogP contribution in [0.1, 0.15) is 16.5 Å². The average Bonchev–Trinajstić information content (AvgIpc) is 2.31. The Morgan fingerprint density at radius 3 is 2.07 bits per heavy atom. The van der Waals surface area contributed by atoms with Gasteiger partial charge in [-0.25, -0.2) is 0 Å². The van der Waals surface area contributed by atoms with Gasteiger partial charge in [0, 0.05) is 24.8 Å². The first-order valence-corrected chi connectivity index (χ1v) is 5.23. The van der Waals surface area contributed by atoms with Gasteiger partial charge in [0.05, 0.1) is 5.38 Å². The van der Waals surface area contributed by atoms with Gasteiger partial charge in [0.2, 0.25) is 0 Å². The van der Waals surface area contributed by atoms with E-state index in [0.717, 1.165) is 12.0 Å². The zero-order valence-corrected chi connectivity index (χ0v) is 8.93. The third kappa shape index (κ3) is 2.77. The molecule has 0 aliphatic heterocycles. The van der Waals surface area contributed by atoms with Crippen LogP contribution in [0.4, 0.5) is 0 Å². The van der Waals surface area contributed by atoms with Crippen molar-refractivity contribution in [3.8, 4) is 0 Å². The van der Waals surface area contributed by atoms with E-state index in [-0.39, 0.29) is 5.38 Å². The van der Waals surface area contributed by atoms with Crippen LogP contribution in [0.2, 0.25) is 0 Å². The average molecular weight is 219 g/mol. The molecule has 0 amide bonds. The van der Waals surface area contributed by atoms with Crippen LogP contribution in [-0.4, -0.2) is 9.97 Å². The summed E-state index contributed by atoms with van der Waals surface area (Å²) in [7, 11) is 0. The molecule has 0 fully saturated rings. The number of alkyl halides is 1. The predicted octanol–water partition coefficient (Wildman–Crippen LogP) is 3.00. The summed E-state index contributed by atoms with van der Waals surface area (Å²) in [6, 6.07) is 7.85. The van der Waals surface area contributed by atoms with Crippen molar-refractivity contribution in [2.24, 2.45) is 0 Å². The Morgan fingerprint density at radius 2 is 1.47 bits per heavy atom. The van der Waals surface area contributed by atoms with E-state index in [2.05, 4.69) is 9.97 Å². The van der Waals surface area contributed by atoms with Crippen molar-refractivity contribution in [3.05, 3.63) is 60.2 Å². The van der Waals surface area contributed by atoms with Crippen molar-refractivity contribution >= 4 is 11.6 Å². The fourth-order valence-electron chi connectivity index (χ4n) is 1.42. The lowest BCUT2D eigenvalue weighted by Crippen LogP contribution is -1.95. The molecule has 2 aromatic rings. The molecule has 2 nitrogen and oxygen atoms in total. The van der Waals surface area contributed by atoms with E-state index in [1.165, 1.54) is 5.56 Å². The molecule has 0 saturated carbocycles. The molecule has 0 aromatic carbocycles. The van der Waals surface area contributed by atoms with Gasteiger partial charge < -0.3 is 0 Å². The molecule has 0 radical (unpaired) electrons. The van der Waals surface area contributed by atoms with E-state index in [9.17, 15) is 0 Å². The second kappa shape index (κ2) is 4.89.